The number of aliphatic hydroxyl groups excluding tert-OH is 1. The molecule has 3 aromatic rings. The summed E-state index contributed by atoms with van der Waals surface area (Å²) in [5.41, 5.74) is 0.724. The van der Waals surface area contributed by atoms with Crippen LogP contribution in [-0.4, -0.2) is 56.0 Å². The molecule has 0 radical (unpaired) electrons. The maximum absolute atomic E-state index is 9.13. The Balaban J connectivity index is 1.55. The van der Waals surface area contributed by atoms with Gasteiger partial charge in [0.05, 0.1) is 37.0 Å². The molecular formula is C17H22N6O2. The van der Waals surface area contributed by atoms with E-state index in [0.717, 1.165) is 35.7 Å². The summed E-state index contributed by atoms with van der Waals surface area (Å²) in [6.07, 6.45) is 7.44. The van der Waals surface area contributed by atoms with E-state index in [1.54, 1.807) is 17.1 Å². The number of aliphatic hydroxyl groups is 1. The average Bonchev–Trinajstić information content (AvgIpc) is 3.38. The lowest BCUT2D eigenvalue weighted by Crippen LogP contribution is -2.30. The number of hydrogen-bond donors (Lipinski definition) is 2. The molecule has 8 heteroatoms. The van der Waals surface area contributed by atoms with Crippen LogP contribution < -0.4 is 5.32 Å². The minimum atomic E-state index is 0.0269. The van der Waals surface area contributed by atoms with Crippen molar-refractivity contribution >= 4 is 16.9 Å². The van der Waals surface area contributed by atoms with Crippen molar-refractivity contribution in [2.75, 3.05) is 31.6 Å². The van der Waals surface area contributed by atoms with Crippen LogP contribution in [0.5, 0.6) is 0 Å². The Labute approximate surface area is 145 Å². The molecule has 1 atom stereocenters. The topological polar surface area (TPSA) is 92.2 Å². The van der Waals surface area contributed by atoms with Crippen LogP contribution in [0, 0.1) is 0 Å². The number of furan rings is 1. The molecule has 1 aliphatic heterocycles. The summed E-state index contributed by atoms with van der Waals surface area (Å²) in [5.74, 6) is 1.72. The van der Waals surface area contributed by atoms with Gasteiger partial charge in [-0.15, -0.1) is 0 Å². The molecule has 8 nitrogen and oxygen atoms in total. The van der Waals surface area contributed by atoms with Crippen molar-refractivity contribution in [1.29, 1.82) is 0 Å². The van der Waals surface area contributed by atoms with Gasteiger partial charge in [-0.3, -0.25) is 4.90 Å². The standard InChI is InChI=1S/C17H22N6O2/c24-8-7-23-17-13(10-21-23)16(19-12-20-17)18-11-14(15-4-3-9-25-15)22-5-1-2-6-22/h3-4,9-10,12,14,24H,1-2,5-8,11H2,(H,18,19,20)/t14-/m1/s1. The van der Waals surface area contributed by atoms with Crippen LogP contribution in [-0.2, 0) is 6.54 Å². The fourth-order valence-electron chi connectivity index (χ4n) is 3.43. The molecule has 4 heterocycles. The number of hydrogen-bond acceptors (Lipinski definition) is 7. The smallest absolute Gasteiger partial charge is 0.163 e. The zero-order chi connectivity index (χ0) is 17.1. The van der Waals surface area contributed by atoms with Crippen molar-refractivity contribution in [2.24, 2.45) is 0 Å². The van der Waals surface area contributed by atoms with Gasteiger partial charge in [-0.1, -0.05) is 0 Å². The summed E-state index contributed by atoms with van der Waals surface area (Å²) in [6, 6.07) is 4.13. The maximum Gasteiger partial charge on any atom is 0.163 e. The van der Waals surface area contributed by atoms with Crippen LogP contribution in [0.25, 0.3) is 11.0 Å². The number of nitrogens with one attached hydrogen (secondary N) is 1. The zero-order valence-electron chi connectivity index (χ0n) is 14.0. The second-order valence-electron chi connectivity index (χ2n) is 6.21. The highest BCUT2D eigenvalue weighted by Gasteiger charge is 2.25. The number of fused-ring (bicyclic) bond motifs is 1. The third kappa shape index (κ3) is 3.22. The highest BCUT2D eigenvalue weighted by Crippen LogP contribution is 2.27. The van der Waals surface area contributed by atoms with Gasteiger partial charge in [-0.2, -0.15) is 5.10 Å². The number of aromatic nitrogens is 4. The molecule has 0 unspecified atom stereocenters. The molecule has 1 saturated heterocycles. The van der Waals surface area contributed by atoms with Crippen LogP contribution in [0.3, 0.4) is 0 Å². The lowest BCUT2D eigenvalue weighted by atomic mass is 10.2. The van der Waals surface area contributed by atoms with E-state index in [2.05, 4.69) is 25.3 Å². The first-order chi connectivity index (χ1) is 12.4. The quantitative estimate of drug-likeness (QED) is 0.674. The van der Waals surface area contributed by atoms with Gasteiger partial charge in [0.25, 0.3) is 0 Å². The summed E-state index contributed by atoms with van der Waals surface area (Å²) in [5, 5.41) is 17.7. The molecule has 1 aliphatic rings. The third-order valence-corrected chi connectivity index (χ3v) is 4.66. The summed E-state index contributed by atoms with van der Waals surface area (Å²) in [7, 11) is 0. The van der Waals surface area contributed by atoms with Crippen LogP contribution in [0.2, 0.25) is 0 Å². The molecule has 0 amide bonds. The number of anilines is 1. The fourth-order valence-corrected chi connectivity index (χ4v) is 3.43. The van der Waals surface area contributed by atoms with Crippen molar-refractivity contribution in [3.05, 3.63) is 36.7 Å². The number of rotatable bonds is 7. The van der Waals surface area contributed by atoms with Gasteiger partial charge in [-0.05, 0) is 38.1 Å². The molecule has 132 valence electrons. The SMILES string of the molecule is OCCn1ncc2c(NC[C@H](c3ccco3)N3CCCC3)ncnc21. The van der Waals surface area contributed by atoms with E-state index in [4.69, 9.17) is 9.52 Å². The van der Waals surface area contributed by atoms with Gasteiger partial charge in [0.2, 0.25) is 0 Å². The van der Waals surface area contributed by atoms with Gasteiger partial charge < -0.3 is 14.8 Å². The minimum Gasteiger partial charge on any atom is -0.468 e. The van der Waals surface area contributed by atoms with E-state index in [9.17, 15) is 0 Å². The second kappa shape index (κ2) is 7.20. The highest BCUT2D eigenvalue weighted by molar-refractivity contribution is 5.86. The summed E-state index contributed by atoms with van der Waals surface area (Å²) >= 11 is 0. The Morgan fingerprint density at radius 3 is 2.92 bits per heavy atom. The van der Waals surface area contributed by atoms with Crippen molar-refractivity contribution in [3.8, 4) is 0 Å². The Morgan fingerprint density at radius 2 is 2.16 bits per heavy atom. The first-order valence-corrected chi connectivity index (χ1v) is 8.65. The van der Waals surface area contributed by atoms with E-state index in [1.165, 1.54) is 19.2 Å². The summed E-state index contributed by atoms with van der Waals surface area (Å²) in [4.78, 5) is 11.1. The van der Waals surface area contributed by atoms with Crippen LogP contribution in [0.1, 0.15) is 24.6 Å². The van der Waals surface area contributed by atoms with Gasteiger partial charge in [0.1, 0.15) is 17.9 Å². The Morgan fingerprint density at radius 1 is 1.28 bits per heavy atom. The normalized spacial score (nSPS) is 16.5. The molecule has 3 aromatic heterocycles. The van der Waals surface area contributed by atoms with E-state index >= 15 is 0 Å². The predicted octanol–water partition coefficient (Wildman–Crippen LogP) is 1.66. The first kappa shape index (κ1) is 16.0. The van der Waals surface area contributed by atoms with Crippen LogP contribution in [0.15, 0.2) is 35.3 Å². The lowest BCUT2D eigenvalue weighted by Gasteiger charge is -2.26. The Bertz CT molecular complexity index is 810. The predicted molar refractivity (Wildman–Crippen MR) is 93.2 cm³/mol. The zero-order valence-corrected chi connectivity index (χ0v) is 14.0. The van der Waals surface area contributed by atoms with Crippen LogP contribution in [0.4, 0.5) is 5.82 Å². The van der Waals surface area contributed by atoms with Crippen LogP contribution >= 0.6 is 0 Å². The molecule has 2 N–H and O–H groups in total. The van der Waals surface area contributed by atoms with Gasteiger partial charge in [0.15, 0.2) is 5.65 Å². The molecule has 0 bridgehead atoms. The van der Waals surface area contributed by atoms with Gasteiger partial charge in [-0.25, -0.2) is 14.6 Å². The second-order valence-corrected chi connectivity index (χ2v) is 6.21. The van der Waals surface area contributed by atoms with Crippen molar-refractivity contribution < 1.29 is 9.52 Å². The monoisotopic (exact) mass is 342 g/mol. The molecule has 25 heavy (non-hydrogen) atoms. The number of likely N-dealkylation sites (tertiary alicyclic amines) is 1. The maximum atomic E-state index is 9.13. The molecule has 0 aliphatic carbocycles. The molecule has 0 saturated carbocycles. The first-order valence-electron chi connectivity index (χ1n) is 8.65. The molecule has 0 spiro atoms. The third-order valence-electron chi connectivity index (χ3n) is 4.66. The van der Waals surface area contributed by atoms with Gasteiger partial charge in [0, 0.05) is 6.54 Å². The fraction of sp³-hybridized carbons (Fsp3) is 0.471. The molecule has 0 aromatic carbocycles. The highest BCUT2D eigenvalue weighted by atomic mass is 16.3. The lowest BCUT2D eigenvalue weighted by molar-refractivity contribution is 0.225. The van der Waals surface area contributed by atoms with E-state index < -0.39 is 0 Å². The number of nitrogens with zero attached hydrogens (tertiary/aromatic N) is 5. The van der Waals surface area contributed by atoms with Crippen molar-refractivity contribution in [1.82, 2.24) is 24.6 Å². The van der Waals surface area contributed by atoms with E-state index in [0.29, 0.717) is 13.1 Å². The van der Waals surface area contributed by atoms with Crippen molar-refractivity contribution in [2.45, 2.75) is 25.4 Å². The molecule has 1 fully saturated rings. The summed E-state index contributed by atoms with van der Waals surface area (Å²) < 4.78 is 7.35. The largest absolute Gasteiger partial charge is 0.468 e. The Hall–Kier alpha value is -2.45. The molecular weight excluding hydrogens is 320 g/mol. The minimum absolute atomic E-state index is 0.0269. The average molecular weight is 342 g/mol. The van der Waals surface area contributed by atoms with Crippen molar-refractivity contribution in [3.63, 3.8) is 0 Å². The Kier molecular flexibility index (Phi) is 4.62. The molecule has 4 rings (SSSR count). The van der Waals surface area contributed by atoms with Gasteiger partial charge >= 0.3 is 0 Å². The summed E-state index contributed by atoms with van der Waals surface area (Å²) in [6.45, 7) is 3.31. The van der Waals surface area contributed by atoms with E-state index in [1.807, 2.05) is 12.1 Å². The van der Waals surface area contributed by atoms with E-state index in [-0.39, 0.29) is 12.6 Å².